The van der Waals surface area contributed by atoms with Crippen LogP contribution < -0.4 is 0 Å². The molecule has 0 spiro atoms. The Morgan fingerprint density at radius 2 is 0.868 bits per heavy atom. The van der Waals surface area contributed by atoms with Crippen molar-refractivity contribution < 1.29 is 0 Å². The van der Waals surface area contributed by atoms with Gasteiger partial charge in [-0.1, -0.05) is 127 Å². The average molecular weight is 867 g/mol. The van der Waals surface area contributed by atoms with E-state index in [-0.39, 0.29) is 0 Å². The Labute approximate surface area is 391 Å². The Morgan fingerprint density at radius 3 is 1.49 bits per heavy atom. The van der Waals surface area contributed by atoms with E-state index in [1.165, 1.54) is 0 Å². The normalized spacial score (nSPS) is 11.2. The Balaban J connectivity index is 1.20. The van der Waals surface area contributed by atoms with Crippen LogP contribution in [0.15, 0.2) is 206 Å². The molecule has 0 bridgehead atoms. The Bertz CT molecular complexity index is 4050. The van der Waals surface area contributed by atoms with Crippen LogP contribution in [-0.2, 0) is 0 Å². The summed E-state index contributed by atoms with van der Waals surface area (Å²) in [7, 11) is 0. The maximum absolute atomic E-state index is 10.1. The average Bonchev–Trinajstić information content (AvgIpc) is 3.92. The third-order valence-corrected chi connectivity index (χ3v) is 12.7. The molecule has 0 aliphatic carbocycles. The van der Waals surface area contributed by atoms with Gasteiger partial charge in [-0.3, -0.25) is 0 Å². The maximum atomic E-state index is 10.1. The topological polar surface area (TPSA) is 100 Å². The first kappa shape index (κ1) is 39.6. The number of hydrogen-bond donors (Lipinski definition) is 0. The monoisotopic (exact) mass is 866 g/mol. The molecule has 12 rings (SSSR count). The zero-order valence-electron chi connectivity index (χ0n) is 36.2. The number of nitrogens with zero attached hydrogens (tertiary/aromatic N) is 8. The van der Waals surface area contributed by atoms with Gasteiger partial charge in [-0.15, -0.1) is 0 Å². The summed E-state index contributed by atoms with van der Waals surface area (Å²) >= 11 is 0. The molecule has 0 radical (unpaired) electrons. The van der Waals surface area contributed by atoms with Gasteiger partial charge in [-0.2, -0.15) is 10.5 Å². The third kappa shape index (κ3) is 6.63. The van der Waals surface area contributed by atoms with Crippen molar-refractivity contribution in [2.75, 3.05) is 0 Å². The first-order valence-corrected chi connectivity index (χ1v) is 22.1. The fourth-order valence-corrected chi connectivity index (χ4v) is 9.48. The Hall–Kier alpha value is -9.94. The number of para-hydroxylation sites is 2. The highest BCUT2D eigenvalue weighted by Crippen LogP contribution is 2.44. The van der Waals surface area contributed by atoms with Gasteiger partial charge in [0.25, 0.3) is 0 Å². The van der Waals surface area contributed by atoms with E-state index >= 15 is 0 Å². The predicted molar refractivity (Wildman–Crippen MR) is 271 cm³/mol. The maximum Gasteiger partial charge on any atom is 0.188 e. The summed E-state index contributed by atoms with van der Waals surface area (Å²) in [5, 5.41) is 23.7. The molecule has 0 atom stereocenters. The van der Waals surface area contributed by atoms with Gasteiger partial charge in [0, 0.05) is 44.0 Å². The van der Waals surface area contributed by atoms with Crippen LogP contribution in [0.1, 0.15) is 11.1 Å². The summed E-state index contributed by atoms with van der Waals surface area (Å²) in [6.07, 6.45) is 0. The molecule has 68 heavy (non-hydrogen) atoms. The van der Waals surface area contributed by atoms with E-state index < -0.39 is 0 Å². The lowest BCUT2D eigenvalue weighted by molar-refractivity contribution is 1.07. The molecule has 0 fully saturated rings. The van der Waals surface area contributed by atoms with Crippen LogP contribution in [0.2, 0.25) is 0 Å². The zero-order chi connectivity index (χ0) is 45.7. The van der Waals surface area contributed by atoms with Crippen LogP contribution in [0.25, 0.3) is 116 Å². The first-order valence-electron chi connectivity index (χ1n) is 22.1. The molecule has 12 aromatic rings. The van der Waals surface area contributed by atoms with Crippen LogP contribution in [0, 0.1) is 29.2 Å². The number of benzene rings is 9. The van der Waals surface area contributed by atoms with E-state index in [4.69, 9.17) is 21.5 Å². The van der Waals surface area contributed by atoms with Crippen molar-refractivity contribution in [3.63, 3.8) is 0 Å². The van der Waals surface area contributed by atoms with Crippen molar-refractivity contribution in [3.05, 3.63) is 229 Å². The summed E-state index contributed by atoms with van der Waals surface area (Å²) in [5.74, 6) is 1.64. The molecule has 3 aromatic heterocycles. The van der Waals surface area contributed by atoms with Gasteiger partial charge in [-0.25, -0.2) is 19.8 Å². The lowest BCUT2D eigenvalue weighted by Gasteiger charge is -2.21. The second-order valence-corrected chi connectivity index (χ2v) is 16.6. The summed E-state index contributed by atoms with van der Waals surface area (Å²) in [6.45, 7) is 7.89. The predicted octanol–water partition coefficient (Wildman–Crippen LogP) is 14.7. The second-order valence-electron chi connectivity index (χ2n) is 16.6. The van der Waals surface area contributed by atoms with E-state index in [1.807, 2.05) is 146 Å². The third-order valence-electron chi connectivity index (χ3n) is 12.7. The highest BCUT2D eigenvalue weighted by atomic mass is 15.0. The van der Waals surface area contributed by atoms with Crippen LogP contribution >= 0.6 is 0 Å². The molecule has 0 unspecified atom stereocenters. The zero-order valence-corrected chi connectivity index (χ0v) is 36.2. The van der Waals surface area contributed by atoms with Gasteiger partial charge in [0.1, 0.15) is 0 Å². The molecule has 0 aliphatic rings. The lowest BCUT2D eigenvalue weighted by Crippen LogP contribution is -2.04. The van der Waals surface area contributed by atoms with Gasteiger partial charge >= 0.3 is 0 Å². The number of fused-ring (bicyclic) bond motifs is 6. The van der Waals surface area contributed by atoms with E-state index in [1.54, 1.807) is 0 Å². The highest BCUT2D eigenvalue weighted by Gasteiger charge is 2.23. The minimum Gasteiger partial charge on any atom is -0.309 e. The molecular formula is C60H34N8. The fourth-order valence-electron chi connectivity index (χ4n) is 9.48. The van der Waals surface area contributed by atoms with E-state index in [0.717, 1.165) is 93.9 Å². The lowest BCUT2D eigenvalue weighted by atomic mass is 9.94. The SMILES string of the molecule is [C-]#[N+]c1ccc2c(c1)c1ccccc1n2-c1ccc(-c2nc(-c3ccccc3)nc(-c3ccccc3)n2)cc1-c1ccc(-c2ccc(C#N)cc2)cc1-n1c2ccccc2c2cc(C#N)ccc21. The number of hydrogen-bond acceptors (Lipinski definition) is 5. The largest absolute Gasteiger partial charge is 0.309 e. The van der Waals surface area contributed by atoms with Crippen LogP contribution in [-0.4, -0.2) is 24.1 Å². The number of aromatic nitrogens is 5. The van der Waals surface area contributed by atoms with Crippen molar-refractivity contribution in [1.82, 2.24) is 24.1 Å². The van der Waals surface area contributed by atoms with Crippen molar-refractivity contribution in [1.29, 1.82) is 10.5 Å². The molecular weight excluding hydrogens is 833 g/mol. The van der Waals surface area contributed by atoms with Gasteiger partial charge < -0.3 is 9.13 Å². The van der Waals surface area contributed by atoms with Crippen LogP contribution in [0.4, 0.5) is 5.69 Å². The standard InChI is InChI=1S/C60H34N8/c1-63-45-27-31-56-51(35-45)47-17-9-10-18-52(47)67(56)55-30-26-44(60-65-58(41-12-4-2-5-13-41)64-59(66-60)42-14-6-3-7-15-42)33-50(55)48-28-25-43(40-23-20-38(36-61)21-24-40)34-57(48)68-53-19-11-8-16-46(53)49-32-39(37-62)22-29-54(49)68/h2-35H. The number of nitriles is 2. The van der Waals surface area contributed by atoms with Gasteiger partial charge in [0.05, 0.1) is 63.3 Å². The van der Waals surface area contributed by atoms with E-state index in [9.17, 15) is 10.5 Å². The van der Waals surface area contributed by atoms with Crippen LogP contribution in [0.3, 0.4) is 0 Å². The van der Waals surface area contributed by atoms with E-state index in [2.05, 4.69) is 86.8 Å². The summed E-state index contributed by atoms with van der Waals surface area (Å²) in [6, 6.07) is 73.6. The van der Waals surface area contributed by atoms with E-state index in [0.29, 0.717) is 34.3 Å². The summed E-state index contributed by atoms with van der Waals surface area (Å²) < 4.78 is 4.59. The highest BCUT2D eigenvalue weighted by molar-refractivity contribution is 6.12. The first-order chi connectivity index (χ1) is 33.6. The molecule has 0 amide bonds. The van der Waals surface area contributed by atoms with Gasteiger partial charge in [0.15, 0.2) is 23.2 Å². The molecule has 314 valence electrons. The van der Waals surface area contributed by atoms with Crippen LogP contribution in [0.5, 0.6) is 0 Å². The molecule has 0 saturated heterocycles. The molecule has 0 saturated carbocycles. The summed E-state index contributed by atoms with van der Waals surface area (Å²) in [5.41, 5.74) is 13.7. The molecule has 9 aromatic carbocycles. The molecule has 8 nitrogen and oxygen atoms in total. The van der Waals surface area contributed by atoms with Crippen molar-refractivity contribution in [3.8, 4) is 79.9 Å². The van der Waals surface area contributed by atoms with Crippen molar-refractivity contribution in [2.45, 2.75) is 0 Å². The second kappa shape index (κ2) is 16.2. The molecule has 0 aliphatic heterocycles. The quantitative estimate of drug-likeness (QED) is 0.149. The molecule has 3 heterocycles. The van der Waals surface area contributed by atoms with Crippen molar-refractivity contribution >= 4 is 49.3 Å². The Kier molecular flexibility index (Phi) is 9.47. The van der Waals surface area contributed by atoms with Gasteiger partial charge in [0.2, 0.25) is 0 Å². The Morgan fingerprint density at radius 1 is 0.368 bits per heavy atom. The van der Waals surface area contributed by atoms with Gasteiger partial charge in [-0.05, 0) is 95.4 Å². The molecule has 0 N–H and O–H groups in total. The smallest absolute Gasteiger partial charge is 0.188 e. The number of rotatable bonds is 7. The summed E-state index contributed by atoms with van der Waals surface area (Å²) in [4.78, 5) is 19.2. The van der Waals surface area contributed by atoms with Crippen molar-refractivity contribution in [2.24, 2.45) is 0 Å². The fraction of sp³-hybridized carbons (Fsp3) is 0. The minimum atomic E-state index is 0.520. The minimum absolute atomic E-state index is 0.520. The molecule has 8 heteroatoms.